The maximum atomic E-state index is 10.8. The van der Waals surface area contributed by atoms with Gasteiger partial charge in [-0.15, -0.1) is 0 Å². The second kappa shape index (κ2) is 8.03. The number of non-ortho nitro benzene ring substituents is 1. The zero-order chi connectivity index (χ0) is 15.9. The third-order valence-corrected chi connectivity index (χ3v) is 5.05. The molecule has 0 aromatic heterocycles. The summed E-state index contributed by atoms with van der Waals surface area (Å²) in [5.41, 5.74) is 1.00. The molecule has 2 rings (SSSR count). The summed E-state index contributed by atoms with van der Waals surface area (Å²) >= 11 is 2.02. The molecular weight excluding hydrogens is 300 g/mol. The number of rotatable bonds is 4. The van der Waals surface area contributed by atoms with Gasteiger partial charge in [0, 0.05) is 49.8 Å². The largest absolute Gasteiger partial charge is 0.352 e. The molecule has 1 unspecified atom stereocenters. The normalized spacial score (nSPS) is 19.1. The third kappa shape index (κ3) is 4.37. The van der Waals surface area contributed by atoms with Gasteiger partial charge in [-0.3, -0.25) is 15.1 Å². The lowest BCUT2D eigenvalue weighted by Crippen LogP contribution is -2.47. The van der Waals surface area contributed by atoms with Gasteiger partial charge in [0.15, 0.2) is 5.96 Å². The molecule has 0 aliphatic carbocycles. The van der Waals surface area contributed by atoms with Crippen molar-refractivity contribution in [2.24, 2.45) is 4.99 Å². The smallest absolute Gasteiger partial charge is 0.269 e. The molecule has 1 atom stereocenters. The van der Waals surface area contributed by atoms with Gasteiger partial charge in [-0.1, -0.05) is 19.1 Å². The van der Waals surface area contributed by atoms with Crippen LogP contribution in [0.1, 0.15) is 18.9 Å². The molecule has 6 nitrogen and oxygen atoms in total. The monoisotopic (exact) mass is 322 g/mol. The Labute approximate surface area is 135 Å². The van der Waals surface area contributed by atoms with Crippen molar-refractivity contribution < 1.29 is 4.92 Å². The number of guanidine groups is 1. The van der Waals surface area contributed by atoms with E-state index in [1.807, 2.05) is 17.8 Å². The predicted octanol–water partition coefficient (Wildman–Crippen LogP) is 2.50. The van der Waals surface area contributed by atoms with Gasteiger partial charge in [0.1, 0.15) is 0 Å². The molecule has 120 valence electrons. The molecule has 0 amide bonds. The molecule has 7 heteroatoms. The van der Waals surface area contributed by atoms with Crippen molar-refractivity contribution in [2.75, 3.05) is 25.9 Å². The van der Waals surface area contributed by atoms with Crippen LogP contribution in [-0.4, -0.2) is 46.9 Å². The summed E-state index contributed by atoms with van der Waals surface area (Å²) in [5.74, 6) is 1.97. The highest BCUT2D eigenvalue weighted by Gasteiger charge is 2.21. The van der Waals surface area contributed by atoms with Crippen molar-refractivity contribution in [3.63, 3.8) is 0 Å². The highest BCUT2D eigenvalue weighted by Crippen LogP contribution is 2.21. The highest BCUT2D eigenvalue weighted by atomic mass is 32.2. The van der Waals surface area contributed by atoms with Gasteiger partial charge >= 0.3 is 0 Å². The summed E-state index contributed by atoms with van der Waals surface area (Å²) in [5, 5.41) is 14.8. The fraction of sp³-hybridized carbons (Fsp3) is 0.533. The van der Waals surface area contributed by atoms with E-state index in [2.05, 4.69) is 22.1 Å². The molecule has 1 heterocycles. The number of nitro benzene ring substituents is 1. The first-order chi connectivity index (χ1) is 10.6. The Morgan fingerprint density at radius 1 is 1.59 bits per heavy atom. The summed E-state index contributed by atoms with van der Waals surface area (Å²) in [4.78, 5) is 17.1. The van der Waals surface area contributed by atoms with E-state index < -0.39 is 0 Å². The Kier molecular flexibility index (Phi) is 6.06. The highest BCUT2D eigenvalue weighted by molar-refractivity contribution is 8.00. The lowest BCUT2D eigenvalue weighted by molar-refractivity contribution is -0.384. The van der Waals surface area contributed by atoms with Crippen LogP contribution in [0.25, 0.3) is 0 Å². The van der Waals surface area contributed by atoms with Gasteiger partial charge in [-0.25, -0.2) is 0 Å². The van der Waals surface area contributed by atoms with Crippen LogP contribution in [-0.2, 0) is 6.54 Å². The van der Waals surface area contributed by atoms with Crippen LogP contribution >= 0.6 is 11.8 Å². The minimum Gasteiger partial charge on any atom is -0.352 e. The van der Waals surface area contributed by atoms with Gasteiger partial charge in [0.25, 0.3) is 5.69 Å². The van der Waals surface area contributed by atoms with E-state index in [0.29, 0.717) is 11.8 Å². The molecule has 0 saturated carbocycles. The summed E-state index contributed by atoms with van der Waals surface area (Å²) in [6, 6.07) is 6.70. The SMILES string of the molecule is CCC1CN(C(=NC)NCc2cccc([N+](=O)[O-])c2)CCS1. The Balaban J connectivity index is 1.96. The average molecular weight is 322 g/mol. The van der Waals surface area contributed by atoms with Crippen LogP contribution in [0.2, 0.25) is 0 Å². The van der Waals surface area contributed by atoms with E-state index in [1.165, 1.54) is 6.07 Å². The standard InChI is InChI=1S/C15H22N4O2S/c1-3-14-11-18(7-8-22-14)15(16-2)17-10-12-5-4-6-13(9-12)19(20)21/h4-6,9,14H,3,7-8,10-11H2,1-2H3,(H,16,17). The Morgan fingerprint density at radius 2 is 2.41 bits per heavy atom. The first-order valence-corrected chi connectivity index (χ1v) is 8.49. The average Bonchev–Trinajstić information content (AvgIpc) is 2.56. The van der Waals surface area contributed by atoms with Crippen molar-refractivity contribution in [1.82, 2.24) is 10.2 Å². The number of hydrogen-bond acceptors (Lipinski definition) is 4. The predicted molar refractivity (Wildman–Crippen MR) is 91.4 cm³/mol. The van der Waals surface area contributed by atoms with Gasteiger partial charge in [0.2, 0.25) is 0 Å². The van der Waals surface area contributed by atoms with Crippen molar-refractivity contribution in [2.45, 2.75) is 25.1 Å². The number of benzene rings is 1. The Bertz CT molecular complexity index is 550. The molecule has 0 spiro atoms. The summed E-state index contributed by atoms with van der Waals surface area (Å²) in [6.07, 6.45) is 1.16. The molecule has 22 heavy (non-hydrogen) atoms. The van der Waals surface area contributed by atoms with Crippen LogP contribution in [0.15, 0.2) is 29.3 Å². The van der Waals surface area contributed by atoms with E-state index in [1.54, 1.807) is 19.2 Å². The van der Waals surface area contributed by atoms with Crippen LogP contribution in [0.3, 0.4) is 0 Å². The Morgan fingerprint density at radius 3 is 3.09 bits per heavy atom. The van der Waals surface area contributed by atoms with E-state index in [-0.39, 0.29) is 10.6 Å². The first-order valence-electron chi connectivity index (χ1n) is 7.44. The van der Waals surface area contributed by atoms with E-state index in [4.69, 9.17) is 0 Å². The van der Waals surface area contributed by atoms with E-state index in [9.17, 15) is 10.1 Å². The number of nitrogens with zero attached hydrogens (tertiary/aromatic N) is 3. The van der Waals surface area contributed by atoms with Crippen LogP contribution in [0.4, 0.5) is 5.69 Å². The Hall–Kier alpha value is -1.76. The summed E-state index contributed by atoms with van der Waals surface area (Å²) < 4.78 is 0. The molecule has 1 aromatic rings. The van der Waals surface area contributed by atoms with Crippen molar-refractivity contribution >= 4 is 23.4 Å². The zero-order valence-electron chi connectivity index (χ0n) is 13.0. The second-order valence-corrected chi connectivity index (χ2v) is 6.58. The minimum absolute atomic E-state index is 0.120. The lowest BCUT2D eigenvalue weighted by Gasteiger charge is -2.34. The number of nitro groups is 1. The van der Waals surface area contributed by atoms with Crippen molar-refractivity contribution in [3.05, 3.63) is 39.9 Å². The topological polar surface area (TPSA) is 70.8 Å². The minimum atomic E-state index is -0.369. The fourth-order valence-corrected chi connectivity index (χ4v) is 3.63. The van der Waals surface area contributed by atoms with Crippen LogP contribution in [0.5, 0.6) is 0 Å². The van der Waals surface area contributed by atoms with Crippen LogP contribution in [0, 0.1) is 10.1 Å². The second-order valence-electron chi connectivity index (χ2n) is 5.17. The molecule has 0 radical (unpaired) electrons. The maximum absolute atomic E-state index is 10.8. The van der Waals surface area contributed by atoms with Gasteiger partial charge in [-0.2, -0.15) is 11.8 Å². The molecule has 1 aromatic carbocycles. The van der Waals surface area contributed by atoms with Gasteiger partial charge in [0.05, 0.1) is 4.92 Å². The number of hydrogen-bond donors (Lipinski definition) is 1. The van der Waals surface area contributed by atoms with E-state index in [0.717, 1.165) is 36.8 Å². The number of nitrogens with one attached hydrogen (secondary N) is 1. The maximum Gasteiger partial charge on any atom is 0.269 e. The molecule has 1 fully saturated rings. The summed E-state index contributed by atoms with van der Waals surface area (Å²) in [7, 11) is 1.78. The zero-order valence-corrected chi connectivity index (χ0v) is 13.8. The lowest BCUT2D eigenvalue weighted by atomic mass is 10.2. The fourth-order valence-electron chi connectivity index (χ4n) is 2.45. The third-order valence-electron chi connectivity index (χ3n) is 3.68. The van der Waals surface area contributed by atoms with Gasteiger partial charge in [-0.05, 0) is 12.0 Å². The van der Waals surface area contributed by atoms with Gasteiger partial charge < -0.3 is 10.2 Å². The first kappa shape index (κ1) is 16.6. The van der Waals surface area contributed by atoms with Crippen LogP contribution < -0.4 is 5.32 Å². The van der Waals surface area contributed by atoms with E-state index >= 15 is 0 Å². The molecule has 1 N–H and O–H groups in total. The molecule has 1 aliphatic heterocycles. The van der Waals surface area contributed by atoms with Crippen molar-refractivity contribution in [3.8, 4) is 0 Å². The number of thioether (sulfide) groups is 1. The quantitative estimate of drug-likeness (QED) is 0.399. The molecular formula is C15H22N4O2S. The molecule has 1 saturated heterocycles. The number of aliphatic imine (C=N–C) groups is 1. The molecule has 1 aliphatic rings. The van der Waals surface area contributed by atoms with Crippen molar-refractivity contribution in [1.29, 1.82) is 0 Å². The molecule has 0 bridgehead atoms. The summed E-state index contributed by atoms with van der Waals surface area (Å²) in [6.45, 7) is 4.72.